The van der Waals surface area contributed by atoms with Gasteiger partial charge < -0.3 is 0 Å². The number of hydrogen-bond donors (Lipinski definition) is 0. The van der Waals surface area contributed by atoms with Gasteiger partial charge in [0.05, 0.1) is 0 Å². The molecule has 0 N–H and O–H groups in total. The average molecular weight is 262 g/mol. The molecule has 20 heavy (non-hydrogen) atoms. The van der Waals surface area contributed by atoms with Gasteiger partial charge in [0.25, 0.3) is 0 Å². The molecule has 102 valence electrons. The number of hydrogen-bond acceptors (Lipinski definition) is 0. The minimum atomic E-state index is 0.550. The minimum absolute atomic E-state index is 0.550. The zero-order valence-corrected chi connectivity index (χ0v) is 12.8. The summed E-state index contributed by atoms with van der Waals surface area (Å²) in [4.78, 5) is 0. The molecule has 0 amide bonds. The maximum Gasteiger partial charge on any atom is -0.0102 e. The molecule has 0 saturated carbocycles. The molecule has 3 aromatic rings. The van der Waals surface area contributed by atoms with E-state index >= 15 is 0 Å². The number of rotatable bonds is 2. The van der Waals surface area contributed by atoms with Crippen LogP contribution < -0.4 is 0 Å². The summed E-state index contributed by atoms with van der Waals surface area (Å²) in [5.74, 6) is 1.12. The summed E-state index contributed by atoms with van der Waals surface area (Å²) in [6.45, 7) is 9.06. The van der Waals surface area contributed by atoms with Crippen molar-refractivity contribution in [2.75, 3.05) is 0 Å². The summed E-state index contributed by atoms with van der Waals surface area (Å²) in [5, 5.41) is 5.53. The van der Waals surface area contributed by atoms with E-state index in [1.807, 2.05) is 0 Å². The van der Waals surface area contributed by atoms with Crippen LogP contribution in [0.25, 0.3) is 21.5 Å². The Morgan fingerprint density at radius 1 is 0.650 bits per heavy atom. The smallest absolute Gasteiger partial charge is 0.0102 e. The Hall–Kier alpha value is -1.82. The molecule has 3 rings (SSSR count). The predicted molar refractivity (Wildman–Crippen MR) is 89.6 cm³/mol. The second-order valence-electron chi connectivity index (χ2n) is 6.30. The molecule has 0 unspecified atom stereocenters. The van der Waals surface area contributed by atoms with E-state index in [0.717, 1.165) is 0 Å². The SMILES string of the molecule is CC(C)c1ccc2cc(C(C)C)c3ccccc3c2c1. The molecule has 0 heteroatoms. The summed E-state index contributed by atoms with van der Waals surface area (Å²) in [6, 6.07) is 18.1. The zero-order chi connectivity index (χ0) is 14.3. The monoisotopic (exact) mass is 262 g/mol. The van der Waals surface area contributed by atoms with Gasteiger partial charge in [-0.3, -0.25) is 0 Å². The lowest BCUT2D eigenvalue weighted by molar-refractivity contribution is 0.868. The molecule has 0 nitrogen and oxygen atoms in total. The second-order valence-corrected chi connectivity index (χ2v) is 6.30. The van der Waals surface area contributed by atoms with Crippen LogP contribution in [0.1, 0.15) is 50.7 Å². The lowest BCUT2D eigenvalue weighted by Gasteiger charge is -2.15. The van der Waals surface area contributed by atoms with Gasteiger partial charge in [0, 0.05) is 0 Å². The molecule has 0 aromatic heterocycles. The summed E-state index contributed by atoms with van der Waals surface area (Å²) in [7, 11) is 0. The molecule has 0 heterocycles. The van der Waals surface area contributed by atoms with Crippen molar-refractivity contribution in [2.45, 2.75) is 39.5 Å². The Kier molecular flexibility index (Phi) is 3.25. The summed E-state index contributed by atoms with van der Waals surface area (Å²) >= 11 is 0. The van der Waals surface area contributed by atoms with E-state index in [2.05, 4.69) is 76.2 Å². The van der Waals surface area contributed by atoms with Gasteiger partial charge in [-0.25, -0.2) is 0 Å². The third kappa shape index (κ3) is 2.10. The molecule has 0 radical (unpaired) electrons. The largest absolute Gasteiger partial charge is 0.0616 e. The van der Waals surface area contributed by atoms with Crippen LogP contribution in [-0.2, 0) is 0 Å². The Bertz CT molecular complexity index is 763. The molecular formula is C20H22. The first-order valence-corrected chi connectivity index (χ1v) is 7.53. The fraction of sp³-hybridized carbons (Fsp3) is 0.300. The van der Waals surface area contributed by atoms with Crippen molar-refractivity contribution in [1.29, 1.82) is 0 Å². The summed E-state index contributed by atoms with van der Waals surface area (Å²) in [6.07, 6.45) is 0. The van der Waals surface area contributed by atoms with Gasteiger partial charge in [-0.15, -0.1) is 0 Å². The highest BCUT2D eigenvalue weighted by molar-refractivity contribution is 6.09. The van der Waals surface area contributed by atoms with Crippen molar-refractivity contribution in [3.05, 3.63) is 59.7 Å². The first-order valence-electron chi connectivity index (χ1n) is 7.53. The van der Waals surface area contributed by atoms with Gasteiger partial charge in [-0.2, -0.15) is 0 Å². The summed E-state index contributed by atoms with van der Waals surface area (Å²) < 4.78 is 0. The maximum atomic E-state index is 2.37. The van der Waals surface area contributed by atoms with Crippen molar-refractivity contribution in [1.82, 2.24) is 0 Å². The van der Waals surface area contributed by atoms with Gasteiger partial charge >= 0.3 is 0 Å². The van der Waals surface area contributed by atoms with Crippen LogP contribution in [0.4, 0.5) is 0 Å². The fourth-order valence-electron chi connectivity index (χ4n) is 2.98. The second kappa shape index (κ2) is 4.94. The molecule has 3 aromatic carbocycles. The van der Waals surface area contributed by atoms with Crippen LogP contribution in [-0.4, -0.2) is 0 Å². The number of benzene rings is 3. The van der Waals surface area contributed by atoms with Gasteiger partial charge in [-0.05, 0) is 44.5 Å². The van der Waals surface area contributed by atoms with E-state index in [0.29, 0.717) is 11.8 Å². The van der Waals surface area contributed by atoms with Gasteiger partial charge in [0.2, 0.25) is 0 Å². The minimum Gasteiger partial charge on any atom is -0.0616 e. The Morgan fingerprint density at radius 3 is 2.00 bits per heavy atom. The van der Waals surface area contributed by atoms with Crippen molar-refractivity contribution >= 4 is 21.5 Å². The first kappa shape index (κ1) is 13.2. The molecule has 0 bridgehead atoms. The van der Waals surface area contributed by atoms with Crippen molar-refractivity contribution in [2.24, 2.45) is 0 Å². The third-order valence-corrected chi connectivity index (χ3v) is 4.21. The van der Waals surface area contributed by atoms with Crippen molar-refractivity contribution in [3.8, 4) is 0 Å². The van der Waals surface area contributed by atoms with Crippen LogP contribution in [0.5, 0.6) is 0 Å². The Morgan fingerprint density at radius 2 is 1.35 bits per heavy atom. The van der Waals surface area contributed by atoms with Gasteiger partial charge in [-0.1, -0.05) is 76.2 Å². The molecule has 0 saturated heterocycles. The third-order valence-electron chi connectivity index (χ3n) is 4.21. The Balaban J connectivity index is 2.44. The van der Waals surface area contributed by atoms with E-state index in [-0.39, 0.29) is 0 Å². The van der Waals surface area contributed by atoms with Crippen molar-refractivity contribution in [3.63, 3.8) is 0 Å². The predicted octanol–water partition coefficient (Wildman–Crippen LogP) is 6.24. The highest BCUT2D eigenvalue weighted by Gasteiger charge is 2.10. The molecule has 0 atom stereocenters. The standard InChI is InChI=1S/C20H22/c1-13(2)15-9-10-16-12-19(14(3)4)17-7-5-6-8-18(17)20(16)11-15/h5-14H,1-4H3. The van der Waals surface area contributed by atoms with E-state index in [1.54, 1.807) is 0 Å². The van der Waals surface area contributed by atoms with Gasteiger partial charge in [0.15, 0.2) is 0 Å². The molecule has 0 aliphatic heterocycles. The van der Waals surface area contributed by atoms with Crippen molar-refractivity contribution < 1.29 is 0 Å². The van der Waals surface area contributed by atoms with Crippen LogP contribution in [0.3, 0.4) is 0 Å². The molecule has 0 aliphatic rings. The summed E-state index contributed by atoms with van der Waals surface area (Å²) in [5.41, 5.74) is 2.87. The molecule has 0 fully saturated rings. The average Bonchev–Trinajstić information content (AvgIpc) is 2.45. The van der Waals surface area contributed by atoms with Crippen LogP contribution in [0.15, 0.2) is 48.5 Å². The van der Waals surface area contributed by atoms with Crippen LogP contribution in [0.2, 0.25) is 0 Å². The highest BCUT2D eigenvalue weighted by atomic mass is 14.1. The highest BCUT2D eigenvalue weighted by Crippen LogP contribution is 2.34. The van der Waals surface area contributed by atoms with Crippen LogP contribution >= 0.6 is 0 Å². The van der Waals surface area contributed by atoms with E-state index in [9.17, 15) is 0 Å². The lowest BCUT2D eigenvalue weighted by Crippen LogP contribution is -1.92. The molecule has 0 spiro atoms. The van der Waals surface area contributed by atoms with Gasteiger partial charge in [0.1, 0.15) is 0 Å². The molecule has 0 aliphatic carbocycles. The lowest BCUT2D eigenvalue weighted by atomic mass is 9.90. The zero-order valence-electron chi connectivity index (χ0n) is 12.8. The Labute approximate surface area is 121 Å². The van der Waals surface area contributed by atoms with E-state index in [1.165, 1.54) is 32.7 Å². The quantitative estimate of drug-likeness (QED) is 0.479. The van der Waals surface area contributed by atoms with E-state index < -0.39 is 0 Å². The topological polar surface area (TPSA) is 0 Å². The maximum absolute atomic E-state index is 2.37. The first-order chi connectivity index (χ1) is 9.58. The number of fused-ring (bicyclic) bond motifs is 3. The fourth-order valence-corrected chi connectivity index (χ4v) is 2.98. The normalized spacial score (nSPS) is 11.9. The molecular weight excluding hydrogens is 240 g/mol. The van der Waals surface area contributed by atoms with E-state index in [4.69, 9.17) is 0 Å². The van der Waals surface area contributed by atoms with Crippen LogP contribution in [0, 0.1) is 0 Å².